The summed E-state index contributed by atoms with van der Waals surface area (Å²) in [5, 5.41) is 0.295. The van der Waals surface area contributed by atoms with E-state index < -0.39 is 17.8 Å². The molecule has 0 amide bonds. The lowest BCUT2D eigenvalue weighted by Crippen LogP contribution is -2.19. The molecule has 2 N–H and O–H groups in total. The highest BCUT2D eigenvalue weighted by Crippen LogP contribution is 2.37. The maximum absolute atomic E-state index is 13.0. The van der Waals surface area contributed by atoms with E-state index in [0.717, 1.165) is 22.9 Å². The molecule has 2 nitrogen and oxygen atoms in total. The van der Waals surface area contributed by atoms with Gasteiger partial charge in [-0.3, -0.25) is 4.98 Å². The lowest BCUT2D eigenvalue weighted by atomic mass is 9.96. The number of halogens is 5. The van der Waals surface area contributed by atoms with Gasteiger partial charge in [0.25, 0.3) is 0 Å². The van der Waals surface area contributed by atoms with Crippen molar-refractivity contribution in [3.05, 3.63) is 62.8 Å². The molecule has 1 aromatic heterocycles. The van der Waals surface area contributed by atoms with E-state index in [1.807, 2.05) is 0 Å². The zero-order valence-electron chi connectivity index (χ0n) is 9.96. The van der Waals surface area contributed by atoms with Crippen LogP contribution in [-0.4, -0.2) is 4.98 Å². The molecular formula is C13H9BrClF3N2. The summed E-state index contributed by atoms with van der Waals surface area (Å²) < 4.78 is 39.6. The summed E-state index contributed by atoms with van der Waals surface area (Å²) in [7, 11) is 0. The first-order valence-corrected chi connectivity index (χ1v) is 6.69. The summed E-state index contributed by atoms with van der Waals surface area (Å²) in [4.78, 5) is 3.72. The first kappa shape index (κ1) is 15.3. The number of hydrogen-bond acceptors (Lipinski definition) is 2. The summed E-state index contributed by atoms with van der Waals surface area (Å²) in [5.41, 5.74) is 5.42. The van der Waals surface area contributed by atoms with E-state index in [4.69, 9.17) is 17.3 Å². The Morgan fingerprint density at radius 1 is 1.20 bits per heavy atom. The van der Waals surface area contributed by atoms with Crippen LogP contribution in [-0.2, 0) is 6.18 Å². The van der Waals surface area contributed by atoms with E-state index in [2.05, 4.69) is 20.9 Å². The fourth-order valence-corrected chi connectivity index (χ4v) is 2.62. The van der Waals surface area contributed by atoms with Crippen LogP contribution < -0.4 is 5.73 Å². The Morgan fingerprint density at radius 3 is 2.50 bits per heavy atom. The largest absolute Gasteiger partial charge is 0.416 e. The van der Waals surface area contributed by atoms with Gasteiger partial charge in [0.1, 0.15) is 0 Å². The minimum atomic E-state index is -4.49. The molecule has 0 saturated heterocycles. The molecular weight excluding hydrogens is 357 g/mol. The Hall–Kier alpha value is -1.11. The molecule has 1 atom stereocenters. The molecule has 0 aliphatic rings. The standard InChI is InChI=1S/C13H9BrClF3N2/c14-7-1-2-8(11(15)5-7)12(19)9-6-20-4-3-10(9)13(16,17)18/h1-6,12H,19H2. The molecule has 1 unspecified atom stereocenters. The predicted octanol–water partition coefficient (Wildman–Crippen LogP) is 4.56. The number of nitrogens with zero attached hydrogens (tertiary/aromatic N) is 1. The third kappa shape index (κ3) is 3.13. The third-order valence-corrected chi connectivity index (χ3v) is 3.61. The molecule has 1 aromatic carbocycles. The predicted molar refractivity (Wildman–Crippen MR) is 74.4 cm³/mol. The van der Waals surface area contributed by atoms with Crippen LogP contribution in [0.15, 0.2) is 41.1 Å². The molecule has 0 bridgehead atoms. The molecule has 0 saturated carbocycles. The second kappa shape index (κ2) is 5.71. The van der Waals surface area contributed by atoms with Gasteiger partial charge in [0.15, 0.2) is 0 Å². The van der Waals surface area contributed by atoms with Crippen LogP contribution in [0.25, 0.3) is 0 Å². The number of benzene rings is 1. The first-order chi connectivity index (χ1) is 9.30. The number of alkyl halides is 3. The summed E-state index contributed by atoms with van der Waals surface area (Å²) in [6, 6.07) is 4.75. The highest BCUT2D eigenvalue weighted by molar-refractivity contribution is 9.10. The number of pyridine rings is 1. The summed E-state index contributed by atoms with van der Waals surface area (Å²) in [5.74, 6) is 0. The van der Waals surface area contributed by atoms with Crippen molar-refractivity contribution in [1.82, 2.24) is 4.98 Å². The van der Waals surface area contributed by atoms with E-state index in [9.17, 15) is 13.2 Å². The zero-order chi connectivity index (χ0) is 14.9. The average molecular weight is 366 g/mol. The van der Waals surface area contributed by atoms with Crippen molar-refractivity contribution in [2.24, 2.45) is 5.73 Å². The van der Waals surface area contributed by atoms with E-state index in [-0.39, 0.29) is 5.56 Å². The molecule has 0 spiro atoms. The van der Waals surface area contributed by atoms with Crippen molar-refractivity contribution in [3.8, 4) is 0 Å². The van der Waals surface area contributed by atoms with Crippen molar-refractivity contribution < 1.29 is 13.2 Å². The van der Waals surface area contributed by atoms with Gasteiger partial charge in [0, 0.05) is 27.5 Å². The first-order valence-electron chi connectivity index (χ1n) is 5.52. The molecule has 2 rings (SSSR count). The molecule has 2 aromatic rings. The van der Waals surface area contributed by atoms with E-state index in [0.29, 0.717) is 10.6 Å². The highest BCUT2D eigenvalue weighted by atomic mass is 79.9. The number of hydrogen-bond donors (Lipinski definition) is 1. The molecule has 0 aliphatic carbocycles. The quantitative estimate of drug-likeness (QED) is 0.847. The van der Waals surface area contributed by atoms with Crippen molar-refractivity contribution in [2.45, 2.75) is 12.2 Å². The Morgan fingerprint density at radius 2 is 1.90 bits per heavy atom. The average Bonchev–Trinajstić information content (AvgIpc) is 2.37. The van der Waals surface area contributed by atoms with Crippen LogP contribution in [0.5, 0.6) is 0 Å². The van der Waals surface area contributed by atoms with Crippen LogP contribution >= 0.6 is 27.5 Å². The van der Waals surface area contributed by atoms with Gasteiger partial charge in [0.2, 0.25) is 0 Å². The minimum absolute atomic E-state index is 0.107. The normalized spacial score (nSPS) is 13.3. The number of aromatic nitrogens is 1. The Bertz CT molecular complexity index is 631. The Balaban J connectivity index is 2.51. The summed E-state index contributed by atoms with van der Waals surface area (Å²) in [6.07, 6.45) is -2.29. The molecule has 106 valence electrons. The van der Waals surface area contributed by atoms with E-state index in [1.54, 1.807) is 18.2 Å². The van der Waals surface area contributed by atoms with Gasteiger partial charge in [-0.05, 0) is 23.8 Å². The topological polar surface area (TPSA) is 38.9 Å². The maximum atomic E-state index is 13.0. The van der Waals surface area contributed by atoms with Crippen LogP contribution in [0.1, 0.15) is 22.7 Å². The maximum Gasteiger partial charge on any atom is 0.416 e. The molecule has 0 fully saturated rings. The molecule has 1 heterocycles. The Labute approximate surface area is 126 Å². The lowest BCUT2D eigenvalue weighted by molar-refractivity contribution is -0.138. The fraction of sp³-hybridized carbons (Fsp3) is 0.154. The summed E-state index contributed by atoms with van der Waals surface area (Å²) in [6.45, 7) is 0. The van der Waals surface area contributed by atoms with Crippen molar-refractivity contribution in [1.29, 1.82) is 0 Å². The SMILES string of the molecule is NC(c1ccc(Br)cc1Cl)c1cnccc1C(F)(F)F. The monoisotopic (exact) mass is 364 g/mol. The van der Waals surface area contributed by atoms with Gasteiger partial charge in [0.05, 0.1) is 11.6 Å². The number of nitrogens with two attached hydrogens (primary N) is 1. The van der Waals surface area contributed by atoms with Crippen LogP contribution in [0.4, 0.5) is 13.2 Å². The molecule has 0 radical (unpaired) electrons. The molecule has 20 heavy (non-hydrogen) atoms. The van der Waals surface area contributed by atoms with Crippen LogP contribution in [0.2, 0.25) is 5.02 Å². The second-order valence-electron chi connectivity index (χ2n) is 4.10. The van der Waals surface area contributed by atoms with Gasteiger partial charge in [-0.15, -0.1) is 0 Å². The van der Waals surface area contributed by atoms with Crippen molar-refractivity contribution >= 4 is 27.5 Å². The van der Waals surface area contributed by atoms with Crippen LogP contribution in [0.3, 0.4) is 0 Å². The zero-order valence-corrected chi connectivity index (χ0v) is 12.3. The fourth-order valence-electron chi connectivity index (χ4n) is 1.83. The Kier molecular flexibility index (Phi) is 4.36. The number of rotatable bonds is 2. The smallest absolute Gasteiger partial charge is 0.320 e. The third-order valence-electron chi connectivity index (χ3n) is 2.79. The molecule has 0 aliphatic heterocycles. The van der Waals surface area contributed by atoms with Gasteiger partial charge in [-0.2, -0.15) is 13.2 Å². The van der Waals surface area contributed by atoms with Crippen LogP contribution in [0, 0.1) is 0 Å². The van der Waals surface area contributed by atoms with E-state index in [1.165, 1.54) is 0 Å². The minimum Gasteiger partial charge on any atom is -0.320 e. The van der Waals surface area contributed by atoms with Crippen molar-refractivity contribution in [2.75, 3.05) is 0 Å². The van der Waals surface area contributed by atoms with Gasteiger partial charge < -0.3 is 5.73 Å². The highest BCUT2D eigenvalue weighted by Gasteiger charge is 2.35. The van der Waals surface area contributed by atoms with Crippen molar-refractivity contribution in [3.63, 3.8) is 0 Å². The lowest BCUT2D eigenvalue weighted by Gasteiger charge is -2.19. The second-order valence-corrected chi connectivity index (χ2v) is 5.43. The summed E-state index contributed by atoms with van der Waals surface area (Å²) >= 11 is 9.26. The van der Waals surface area contributed by atoms with E-state index >= 15 is 0 Å². The van der Waals surface area contributed by atoms with Gasteiger partial charge in [-0.25, -0.2) is 0 Å². The van der Waals surface area contributed by atoms with Gasteiger partial charge in [-0.1, -0.05) is 33.6 Å². The van der Waals surface area contributed by atoms with Gasteiger partial charge >= 0.3 is 6.18 Å². The molecule has 7 heteroatoms.